The lowest BCUT2D eigenvalue weighted by Gasteiger charge is -2.25. The number of aromatic hydroxyl groups is 1. The Balaban J connectivity index is 0.000000380. The minimum Gasteiger partial charge on any atom is -0.507 e. The topological polar surface area (TPSA) is 60.7 Å². The molecule has 0 radical (unpaired) electrons. The molecule has 0 amide bonds. The highest BCUT2D eigenvalue weighted by molar-refractivity contribution is 5.44. The fourth-order valence-electron chi connectivity index (χ4n) is 4.85. The zero-order chi connectivity index (χ0) is 26.9. The lowest BCUT2D eigenvalue weighted by Crippen LogP contribution is -2.20. The molecular weight excluding hydrogens is 444 g/mol. The molecule has 3 heteroatoms. The maximum atomic E-state index is 10.9. The number of para-hydroxylation sites is 1. The lowest BCUT2D eigenvalue weighted by atomic mass is 9.82. The summed E-state index contributed by atoms with van der Waals surface area (Å²) in [5.41, 5.74) is 3.22. The van der Waals surface area contributed by atoms with E-state index in [1.165, 1.54) is 12.0 Å². The summed E-state index contributed by atoms with van der Waals surface area (Å²) >= 11 is 0. The van der Waals surface area contributed by atoms with Crippen LogP contribution in [-0.2, 0) is 6.42 Å². The van der Waals surface area contributed by atoms with E-state index < -0.39 is 0 Å². The van der Waals surface area contributed by atoms with E-state index >= 15 is 0 Å². The summed E-state index contributed by atoms with van der Waals surface area (Å²) < 4.78 is 0. The van der Waals surface area contributed by atoms with Gasteiger partial charge in [0.05, 0.1) is 6.10 Å². The van der Waals surface area contributed by atoms with E-state index in [1.807, 2.05) is 32.0 Å². The third-order valence-corrected chi connectivity index (χ3v) is 7.40. The minimum atomic E-state index is -0.354. The van der Waals surface area contributed by atoms with Crippen LogP contribution < -0.4 is 0 Å². The first-order valence-corrected chi connectivity index (χ1v) is 13.7. The number of phenolic OH excluding ortho intramolecular Hbond substituents is 1. The van der Waals surface area contributed by atoms with Gasteiger partial charge in [-0.2, -0.15) is 0 Å². The van der Waals surface area contributed by atoms with E-state index in [-0.39, 0.29) is 35.4 Å². The van der Waals surface area contributed by atoms with Gasteiger partial charge in [-0.05, 0) is 71.5 Å². The van der Waals surface area contributed by atoms with Crippen molar-refractivity contribution in [2.45, 2.75) is 98.5 Å². The number of hydrogen-bond acceptors (Lipinski definition) is 3. The second kappa shape index (κ2) is 13.4. The van der Waals surface area contributed by atoms with Gasteiger partial charge in [-0.25, -0.2) is 0 Å². The number of benzene rings is 2. The Bertz CT molecular complexity index is 939. The van der Waals surface area contributed by atoms with Gasteiger partial charge >= 0.3 is 0 Å². The maximum absolute atomic E-state index is 10.9. The van der Waals surface area contributed by atoms with Crippen molar-refractivity contribution in [2.24, 2.45) is 16.7 Å². The zero-order valence-electron chi connectivity index (χ0n) is 23.7. The summed E-state index contributed by atoms with van der Waals surface area (Å²) in [6.45, 7) is 15.2. The van der Waals surface area contributed by atoms with Crippen LogP contribution in [0, 0.1) is 16.7 Å². The average molecular weight is 495 g/mol. The summed E-state index contributed by atoms with van der Waals surface area (Å²) in [4.78, 5) is 0. The smallest absolute Gasteiger partial charge is 0.122 e. The molecule has 1 aliphatic carbocycles. The van der Waals surface area contributed by atoms with Crippen LogP contribution in [0.25, 0.3) is 0 Å². The van der Waals surface area contributed by atoms with Gasteiger partial charge in [0.2, 0.25) is 0 Å². The minimum absolute atomic E-state index is 0.0457. The lowest BCUT2D eigenvalue weighted by molar-refractivity contribution is 0.148. The molecule has 2 aromatic carbocycles. The summed E-state index contributed by atoms with van der Waals surface area (Å²) in [6.07, 6.45) is 8.45. The van der Waals surface area contributed by atoms with Crippen molar-refractivity contribution >= 4 is 0 Å². The van der Waals surface area contributed by atoms with E-state index in [1.54, 1.807) is 0 Å². The molecule has 0 spiro atoms. The first kappa shape index (κ1) is 30.1. The molecule has 3 rings (SSSR count). The summed E-state index contributed by atoms with van der Waals surface area (Å²) in [7, 11) is 0. The first-order chi connectivity index (χ1) is 16.9. The van der Waals surface area contributed by atoms with Crippen molar-refractivity contribution in [3.05, 3.63) is 77.4 Å². The molecule has 0 saturated heterocycles. The van der Waals surface area contributed by atoms with Crippen LogP contribution in [0.4, 0.5) is 0 Å². The van der Waals surface area contributed by atoms with Crippen molar-refractivity contribution in [3.8, 4) is 5.75 Å². The van der Waals surface area contributed by atoms with E-state index in [2.05, 4.69) is 77.1 Å². The highest BCUT2D eigenvalue weighted by Crippen LogP contribution is 2.45. The fraction of sp³-hybridized carbons (Fsp3) is 0.576. The molecule has 3 N–H and O–H groups in total. The van der Waals surface area contributed by atoms with Gasteiger partial charge in [-0.3, -0.25) is 0 Å². The Morgan fingerprint density at radius 1 is 0.972 bits per heavy atom. The molecule has 0 bridgehead atoms. The molecule has 0 aliphatic heterocycles. The molecule has 2 aromatic rings. The molecule has 4 atom stereocenters. The SMILES string of the molecule is CC(C)(C)C/C=C/C1[C@H](O)CC[C@@H]1c1cccc(CC(C)(C)CO)c1O.CCC(C)c1ccccc1. The molecule has 200 valence electrons. The van der Waals surface area contributed by atoms with Gasteiger partial charge in [-0.15, -0.1) is 0 Å². The second-order valence-electron chi connectivity index (χ2n) is 12.6. The quantitative estimate of drug-likeness (QED) is 0.326. The molecule has 2 unspecified atom stereocenters. The van der Waals surface area contributed by atoms with Gasteiger partial charge < -0.3 is 15.3 Å². The van der Waals surface area contributed by atoms with Crippen LogP contribution in [-0.4, -0.2) is 28.0 Å². The molecule has 1 fully saturated rings. The summed E-state index contributed by atoms with van der Waals surface area (Å²) in [6, 6.07) is 16.5. The van der Waals surface area contributed by atoms with E-state index in [0.717, 1.165) is 30.4 Å². The van der Waals surface area contributed by atoms with Crippen molar-refractivity contribution < 1.29 is 15.3 Å². The highest BCUT2D eigenvalue weighted by atomic mass is 16.3. The molecule has 1 aliphatic rings. The predicted octanol–water partition coefficient (Wildman–Crippen LogP) is 8.00. The Kier molecular flexibility index (Phi) is 11.3. The standard InChI is InChI=1S/C23H36O3.C10H14/c1-22(2,3)13-7-10-18-17(11-12-20(18)25)19-9-6-8-16(21(19)26)14-23(4,5)15-24;1-3-9(2)10-7-5-4-6-8-10/h6-10,17-18,20,24-26H,11-15H2,1-5H3;4-9H,3H2,1-2H3/b10-7+;/t17-,18?,20+;/m0./s1. The van der Waals surface area contributed by atoms with Gasteiger partial charge in [0.25, 0.3) is 0 Å². The Morgan fingerprint density at radius 3 is 2.22 bits per heavy atom. The summed E-state index contributed by atoms with van der Waals surface area (Å²) in [5, 5.41) is 30.9. The first-order valence-electron chi connectivity index (χ1n) is 13.7. The fourth-order valence-corrected chi connectivity index (χ4v) is 4.85. The van der Waals surface area contributed by atoms with Crippen molar-refractivity contribution in [1.29, 1.82) is 0 Å². The largest absolute Gasteiger partial charge is 0.507 e. The van der Waals surface area contributed by atoms with E-state index in [0.29, 0.717) is 18.1 Å². The van der Waals surface area contributed by atoms with Gasteiger partial charge in [0.15, 0.2) is 0 Å². The van der Waals surface area contributed by atoms with Crippen LogP contribution in [0.3, 0.4) is 0 Å². The Labute approximate surface area is 220 Å². The van der Waals surface area contributed by atoms with Crippen molar-refractivity contribution in [1.82, 2.24) is 0 Å². The van der Waals surface area contributed by atoms with Crippen LogP contribution >= 0.6 is 0 Å². The number of allylic oxidation sites excluding steroid dienone is 1. The number of phenols is 1. The number of aliphatic hydroxyl groups is 2. The third-order valence-electron chi connectivity index (χ3n) is 7.40. The van der Waals surface area contributed by atoms with E-state index in [9.17, 15) is 15.3 Å². The third kappa shape index (κ3) is 9.09. The normalized spacial score (nSPS) is 21.3. The predicted molar refractivity (Wildman–Crippen MR) is 153 cm³/mol. The maximum Gasteiger partial charge on any atom is 0.122 e. The Morgan fingerprint density at radius 2 is 1.64 bits per heavy atom. The number of hydrogen-bond donors (Lipinski definition) is 3. The second-order valence-corrected chi connectivity index (χ2v) is 12.6. The molecule has 1 saturated carbocycles. The van der Waals surface area contributed by atoms with Crippen molar-refractivity contribution in [3.63, 3.8) is 0 Å². The van der Waals surface area contributed by atoms with Crippen LogP contribution in [0.5, 0.6) is 5.75 Å². The Hall–Kier alpha value is -2.10. The molecular formula is C33H50O3. The highest BCUT2D eigenvalue weighted by Gasteiger charge is 2.36. The molecule has 0 heterocycles. The van der Waals surface area contributed by atoms with Gasteiger partial charge in [0, 0.05) is 12.5 Å². The van der Waals surface area contributed by atoms with Gasteiger partial charge in [0.1, 0.15) is 5.75 Å². The molecule has 36 heavy (non-hydrogen) atoms. The van der Waals surface area contributed by atoms with E-state index in [4.69, 9.17) is 0 Å². The van der Waals surface area contributed by atoms with Crippen molar-refractivity contribution in [2.75, 3.05) is 6.61 Å². The van der Waals surface area contributed by atoms with Crippen LogP contribution in [0.2, 0.25) is 0 Å². The average Bonchev–Trinajstić information content (AvgIpc) is 3.20. The number of aliphatic hydroxyl groups excluding tert-OH is 2. The monoisotopic (exact) mass is 494 g/mol. The van der Waals surface area contributed by atoms with Crippen LogP contribution in [0.1, 0.15) is 103 Å². The molecule has 3 nitrogen and oxygen atoms in total. The van der Waals surface area contributed by atoms with Gasteiger partial charge in [-0.1, -0.05) is 109 Å². The zero-order valence-corrected chi connectivity index (χ0v) is 23.7. The van der Waals surface area contributed by atoms with Crippen LogP contribution in [0.15, 0.2) is 60.7 Å². The summed E-state index contributed by atoms with van der Waals surface area (Å²) in [5.74, 6) is 1.23. The number of rotatable bonds is 8. The molecule has 0 aromatic heterocycles.